The molecule has 0 atom stereocenters. The zero-order valence-electron chi connectivity index (χ0n) is 16.6. The molecular weight excluding hydrogens is 487 g/mol. The van der Waals surface area contributed by atoms with Gasteiger partial charge in [0, 0.05) is 17.7 Å². The average molecular weight is 500 g/mol. The monoisotopic (exact) mass is 499 g/mol. The largest absolute Gasteiger partial charge is 0.451 e. The van der Waals surface area contributed by atoms with E-state index < -0.39 is 35.1 Å². The maximum atomic E-state index is 12.7. The molecule has 1 N–H and O–H groups in total. The van der Waals surface area contributed by atoms with Gasteiger partial charge < -0.3 is 10.1 Å². The van der Waals surface area contributed by atoms with E-state index in [9.17, 15) is 32.9 Å². The van der Waals surface area contributed by atoms with Crippen LogP contribution < -0.4 is 5.32 Å². The summed E-state index contributed by atoms with van der Waals surface area (Å²) < 4.78 is 43.1. The number of esters is 1. The number of aryl methyl sites for hydroxylation is 1. The van der Waals surface area contributed by atoms with Crippen LogP contribution in [0.15, 0.2) is 42.5 Å². The smallest absolute Gasteiger partial charge is 0.416 e. The van der Waals surface area contributed by atoms with Crippen LogP contribution in [0, 0.1) is 17.0 Å². The molecule has 0 bridgehead atoms. The predicted octanol–water partition coefficient (Wildman–Crippen LogP) is 5.49. The Morgan fingerprint density at radius 2 is 1.88 bits per heavy atom. The molecule has 3 rings (SSSR count). The second kappa shape index (κ2) is 9.55. The third-order valence-corrected chi connectivity index (χ3v) is 5.71. The number of carbonyl (C=O) groups is 2. The highest BCUT2D eigenvalue weighted by Gasteiger charge is 2.30. The van der Waals surface area contributed by atoms with Gasteiger partial charge in [-0.25, -0.2) is 9.78 Å². The lowest BCUT2D eigenvalue weighted by molar-refractivity contribution is -0.384. The first-order chi connectivity index (χ1) is 15.5. The van der Waals surface area contributed by atoms with Crippen molar-refractivity contribution in [1.82, 2.24) is 4.98 Å². The van der Waals surface area contributed by atoms with Gasteiger partial charge in [-0.05, 0) is 25.1 Å². The Labute approximate surface area is 193 Å². The van der Waals surface area contributed by atoms with Gasteiger partial charge in [-0.15, -0.1) is 11.3 Å². The Morgan fingerprint density at radius 1 is 1.21 bits per heavy atom. The maximum absolute atomic E-state index is 12.7. The van der Waals surface area contributed by atoms with Crippen LogP contribution in [0.25, 0.3) is 10.6 Å². The fraction of sp³-hybridized carbons (Fsp3) is 0.150. The molecule has 3 aromatic rings. The van der Waals surface area contributed by atoms with Crippen molar-refractivity contribution in [2.45, 2.75) is 13.1 Å². The number of rotatable bonds is 6. The normalized spacial score (nSPS) is 11.2. The van der Waals surface area contributed by atoms with Crippen molar-refractivity contribution in [2.24, 2.45) is 0 Å². The lowest BCUT2D eigenvalue weighted by Crippen LogP contribution is -2.21. The van der Waals surface area contributed by atoms with Crippen LogP contribution in [-0.2, 0) is 15.7 Å². The van der Waals surface area contributed by atoms with Crippen molar-refractivity contribution in [2.75, 3.05) is 11.9 Å². The second-order valence-electron chi connectivity index (χ2n) is 6.55. The molecule has 33 heavy (non-hydrogen) atoms. The molecule has 0 spiro atoms. The van der Waals surface area contributed by atoms with Gasteiger partial charge in [-0.2, -0.15) is 13.2 Å². The Balaban J connectivity index is 1.63. The molecule has 1 heterocycles. The van der Waals surface area contributed by atoms with Crippen LogP contribution in [0.2, 0.25) is 5.02 Å². The molecule has 1 aromatic heterocycles. The predicted molar refractivity (Wildman–Crippen MR) is 114 cm³/mol. The summed E-state index contributed by atoms with van der Waals surface area (Å²) in [5, 5.41) is 13.3. The van der Waals surface area contributed by atoms with Gasteiger partial charge in [-0.1, -0.05) is 23.7 Å². The lowest BCUT2D eigenvalue weighted by atomic mass is 10.1. The van der Waals surface area contributed by atoms with Crippen LogP contribution in [0.3, 0.4) is 0 Å². The summed E-state index contributed by atoms with van der Waals surface area (Å²) in [4.78, 5) is 38.8. The molecule has 2 aromatic carbocycles. The number of alkyl halides is 3. The number of carbonyl (C=O) groups excluding carboxylic acids is 2. The number of nitro groups is 1. The minimum absolute atomic E-state index is 0.0663. The minimum atomic E-state index is -4.47. The quantitative estimate of drug-likeness (QED) is 0.272. The van der Waals surface area contributed by atoms with Gasteiger partial charge in [0.05, 0.1) is 26.9 Å². The van der Waals surface area contributed by atoms with E-state index in [1.54, 1.807) is 0 Å². The second-order valence-corrected chi connectivity index (χ2v) is 7.96. The van der Waals surface area contributed by atoms with Crippen molar-refractivity contribution in [3.05, 3.63) is 73.7 Å². The van der Waals surface area contributed by atoms with E-state index in [0.29, 0.717) is 16.3 Å². The number of anilines is 1. The third-order valence-electron chi connectivity index (χ3n) is 4.21. The van der Waals surface area contributed by atoms with Gasteiger partial charge in [0.25, 0.3) is 11.6 Å². The SMILES string of the molecule is Cc1nc(-c2ccc(C(F)(F)F)cc2)sc1C(=O)OCC(=O)Nc1ccc([N+](=O)[O-])cc1Cl. The van der Waals surface area contributed by atoms with E-state index in [4.69, 9.17) is 16.3 Å². The van der Waals surface area contributed by atoms with Crippen LogP contribution in [0.1, 0.15) is 20.9 Å². The topological polar surface area (TPSA) is 111 Å². The van der Waals surface area contributed by atoms with Gasteiger partial charge >= 0.3 is 12.1 Å². The van der Waals surface area contributed by atoms with Gasteiger partial charge in [0.1, 0.15) is 9.88 Å². The molecule has 0 aliphatic carbocycles. The van der Waals surface area contributed by atoms with Gasteiger partial charge in [-0.3, -0.25) is 14.9 Å². The van der Waals surface area contributed by atoms with E-state index in [-0.39, 0.29) is 21.3 Å². The minimum Gasteiger partial charge on any atom is -0.451 e. The molecule has 0 saturated carbocycles. The summed E-state index contributed by atoms with van der Waals surface area (Å²) in [5.74, 6) is -1.57. The summed E-state index contributed by atoms with van der Waals surface area (Å²) in [6.07, 6.45) is -4.47. The first kappa shape index (κ1) is 24.1. The number of hydrogen-bond acceptors (Lipinski definition) is 7. The summed E-state index contributed by atoms with van der Waals surface area (Å²) in [6, 6.07) is 7.78. The van der Waals surface area contributed by atoms with E-state index in [1.807, 2.05) is 0 Å². The van der Waals surface area contributed by atoms with E-state index in [0.717, 1.165) is 35.6 Å². The van der Waals surface area contributed by atoms with Crippen LogP contribution in [0.5, 0.6) is 0 Å². The van der Waals surface area contributed by atoms with Crippen LogP contribution >= 0.6 is 22.9 Å². The molecular formula is C20H13ClF3N3O5S. The Hall–Kier alpha value is -3.51. The summed E-state index contributed by atoms with van der Waals surface area (Å²) >= 11 is 6.81. The van der Waals surface area contributed by atoms with Crippen LogP contribution in [-0.4, -0.2) is 28.4 Å². The average Bonchev–Trinajstić information content (AvgIpc) is 3.14. The number of halogens is 4. The van der Waals surface area contributed by atoms with E-state index in [2.05, 4.69) is 10.3 Å². The third kappa shape index (κ3) is 5.84. The van der Waals surface area contributed by atoms with E-state index in [1.165, 1.54) is 25.1 Å². The van der Waals surface area contributed by atoms with Crippen LogP contribution in [0.4, 0.5) is 24.5 Å². The zero-order valence-corrected chi connectivity index (χ0v) is 18.2. The highest BCUT2D eigenvalue weighted by Crippen LogP contribution is 2.33. The van der Waals surface area contributed by atoms with Crippen molar-refractivity contribution >= 4 is 46.2 Å². The molecule has 0 saturated heterocycles. The number of ether oxygens (including phenoxy) is 1. The number of nitrogens with zero attached hydrogens (tertiary/aromatic N) is 2. The molecule has 0 unspecified atom stereocenters. The van der Waals surface area contributed by atoms with Gasteiger partial charge in [0.2, 0.25) is 0 Å². The molecule has 13 heteroatoms. The lowest BCUT2D eigenvalue weighted by Gasteiger charge is -2.07. The Morgan fingerprint density at radius 3 is 2.45 bits per heavy atom. The molecule has 0 aliphatic heterocycles. The van der Waals surface area contributed by atoms with E-state index >= 15 is 0 Å². The molecule has 0 radical (unpaired) electrons. The first-order valence-electron chi connectivity index (χ1n) is 9.01. The van der Waals surface area contributed by atoms with Crippen molar-refractivity contribution < 1.29 is 32.4 Å². The first-order valence-corrected chi connectivity index (χ1v) is 10.2. The Bertz CT molecular complexity index is 1230. The molecule has 0 fully saturated rings. The highest BCUT2D eigenvalue weighted by atomic mass is 35.5. The van der Waals surface area contributed by atoms with Crippen molar-refractivity contribution in [1.29, 1.82) is 0 Å². The number of benzene rings is 2. The fourth-order valence-electron chi connectivity index (χ4n) is 2.61. The summed E-state index contributed by atoms with van der Waals surface area (Å²) in [6.45, 7) is 0.858. The number of thiazole rings is 1. The zero-order chi connectivity index (χ0) is 24.3. The summed E-state index contributed by atoms with van der Waals surface area (Å²) in [7, 11) is 0. The fourth-order valence-corrected chi connectivity index (χ4v) is 3.80. The number of hydrogen-bond donors (Lipinski definition) is 1. The number of aromatic nitrogens is 1. The van der Waals surface area contributed by atoms with Gasteiger partial charge in [0.15, 0.2) is 6.61 Å². The molecule has 8 nitrogen and oxygen atoms in total. The molecule has 0 aliphatic rings. The Kier molecular flexibility index (Phi) is 6.98. The number of nitro benzene ring substituents is 1. The molecule has 1 amide bonds. The molecule has 172 valence electrons. The number of nitrogens with one attached hydrogen (secondary N) is 1. The van der Waals surface area contributed by atoms with Crippen molar-refractivity contribution in [3.8, 4) is 10.6 Å². The number of non-ortho nitro benzene ring substituents is 1. The summed E-state index contributed by atoms with van der Waals surface area (Å²) in [5.41, 5.74) is -0.284. The standard InChI is InChI=1S/C20H13ClF3N3O5S/c1-10-17(33-18(25-10)11-2-4-12(5-3-11)20(22,23)24)19(29)32-9-16(28)26-15-7-6-13(27(30)31)8-14(15)21/h2-8H,9H2,1H3,(H,26,28). The highest BCUT2D eigenvalue weighted by molar-refractivity contribution is 7.17. The van der Waals surface area contributed by atoms with Crippen molar-refractivity contribution in [3.63, 3.8) is 0 Å². The number of amides is 1. The maximum Gasteiger partial charge on any atom is 0.416 e.